The van der Waals surface area contributed by atoms with Crippen LogP contribution in [0.15, 0.2) is 24.4 Å². The first kappa shape index (κ1) is 15.5. The van der Waals surface area contributed by atoms with Gasteiger partial charge in [0.25, 0.3) is 0 Å². The number of alkyl halides is 1. The van der Waals surface area contributed by atoms with Crippen LogP contribution in [0.3, 0.4) is 0 Å². The van der Waals surface area contributed by atoms with Gasteiger partial charge in [-0.3, -0.25) is 9.48 Å². The van der Waals surface area contributed by atoms with E-state index in [1.54, 1.807) is 13.1 Å². The Morgan fingerprint density at radius 3 is 2.78 bits per heavy atom. The van der Waals surface area contributed by atoms with E-state index in [1.165, 1.54) is 10.9 Å². The number of nitrogens with zero attached hydrogens (tertiary/aromatic N) is 2. The molecule has 2 atom stereocenters. The maximum atomic E-state index is 14.2. The van der Waals surface area contributed by atoms with Gasteiger partial charge in [-0.25, -0.2) is 13.2 Å². The van der Waals surface area contributed by atoms with Crippen molar-refractivity contribution in [2.24, 2.45) is 7.05 Å². The van der Waals surface area contributed by atoms with Gasteiger partial charge in [0.15, 0.2) is 0 Å². The average Bonchev–Trinajstić information content (AvgIpc) is 3.11. The highest BCUT2D eigenvalue weighted by atomic mass is 19.1. The smallest absolute Gasteiger partial charge is 0.241 e. The third-order valence-electron chi connectivity index (χ3n) is 3.81. The lowest BCUT2D eigenvalue weighted by Gasteiger charge is -2.13. The van der Waals surface area contributed by atoms with Gasteiger partial charge < -0.3 is 10.6 Å². The summed E-state index contributed by atoms with van der Waals surface area (Å²) in [5.41, 5.74) is 0.183. The van der Waals surface area contributed by atoms with Crippen molar-refractivity contribution < 1.29 is 18.0 Å². The minimum atomic E-state index is -1.11. The third kappa shape index (κ3) is 3.07. The van der Waals surface area contributed by atoms with Crippen LogP contribution in [-0.4, -0.2) is 34.4 Å². The molecule has 122 valence electrons. The largest absolute Gasteiger partial charge is 0.322 e. The molecule has 2 aromatic rings. The molecule has 0 bridgehead atoms. The first-order valence-corrected chi connectivity index (χ1v) is 7.11. The van der Waals surface area contributed by atoms with Crippen molar-refractivity contribution in [1.82, 2.24) is 15.1 Å². The molecule has 2 N–H and O–H groups in total. The normalized spacial score (nSPS) is 20.7. The third-order valence-corrected chi connectivity index (χ3v) is 3.81. The number of hydrogen-bond donors (Lipinski definition) is 2. The van der Waals surface area contributed by atoms with Crippen molar-refractivity contribution >= 4 is 11.6 Å². The first-order valence-electron chi connectivity index (χ1n) is 7.11. The fraction of sp³-hybridized carbons (Fsp3) is 0.333. The molecule has 1 saturated heterocycles. The van der Waals surface area contributed by atoms with E-state index in [0.29, 0.717) is 5.69 Å². The first-order chi connectivity index (χ1) is 11.0. The topological polar surface area (TPSA) is 59.0 Å². The average molecular weight is 324 g/mol. The Kier molecular flexibility index (Phi) is 4.08. The van der Waals surface area contributed by atoms with Crippen LogP contribution in [-0.2, 0) is 11.8 Å². The number of nitrogens with one attached hydrogen (secondary N) is 2. The molecular weight excluding hydrogens is 309 g/mol. The fourth-order valence-corrected chi connectivity index (χ4v) is 2.59. The molecule has 0 spiro atoms. The molecule has 1 aromatic carbocycles. The predicted molar refractivity (Wildman–Crippen MR) is 78.5 cm³/mol. The Balaban J connectivity index is 1.83. The summed E-state index contributed by atoms with van der Waals surface area (Å²) in [7, 11) is 1.61. The summed E-state index contributed by atoms with van der Waals surface area (Å²) in [5.74, 6) is -2.05. The van der Waals surface area contributed by atoms with Gasteiger partial charge in [-0.05, 0) is 12.1 Å². The van der Waals surface area contributed by atoms with Crippen molar-refractivity contribution in [3.63, 3.8) is 0 Å². The second-order valence-electron chi connectivity index (χ2n) is 5.44. The predicted octanol–water partition coefficient (Wildman–Crippen LogP) is 2.00. The Morgan fingerprint density at radius 1 is 1.39 bits per heavy atom. The van der Waals surface area contributed by atoms with E-state index in [9.17, 15) is 18.0 Å². The highest BCUT2D eigenvalue weighted by molar-refractivity contribution is 5.95. The van der Waals surface area contributed by atoms with E-state index >= 15 is 0 Å². The van der Waals surface area contributed by atoms with Crippen LogP contribution in [0.1, 0.15) is 6.42 Å². The molecule has 1 aliphatic rings. The van der Waals surface area contributed by atoms with Crippen LogP contribution < -0.4 is 10.6 Å². The lowest BCUT2D eigenvalue weighted by molar-refractivity contribution is -0.117. The summed E-state index contributed by atoms with van der Waals surface area (Å²) in [5, 5.41) is 8.89. The molecule has 1 aromatic heterocycles. The Hall–Kier alpha value is -2.35. The number of aromatic nitrogens is 2. The maximum Gasteiger partial charge on any atom is 0.241 e. The van der Waals surface area contributed by atoms with Gasteiger partial charge >= 0.3 is 0 Å². The summed E-state index contributed by atoms with van der Waals surface area (Å²) in [6.45, 7) is 0.0777. The number of carbonyl (C=O) groups is 1. The monoisotopic (exact) mass is 324 g/mol. The number of aryl methyl sites for hydroxylation is 1. The molecule has 8 heteroatoms. The van der Waals surface area contributed by atoms with Crippen LogP contribution in [0.5, 0.6) is 0 Å². The zero-order valence-corrected chi connectivity index (χ0v) is 12.3. The number of anilines is 1. The van der Waals surface area contributed by atoms with Crippen LogP contribution in [0.25, 0.3) is 11.3 Å². The zero-order valence-electron chi connectivity index (χ0n) is 12.3. The number of rotatable bonds is 3. The summed E-state index contributed by atoms with van der Waals surface area (Å²) in [6.07, 6.45) is 0.379. The van der Waals surface area contributed by atoms with Gasteiger partial charge in [-0.2, -0.15) is 5.10 Å². The molecule has 1 amide bonds. The molecule has 0 radical (unpaired) electrons. The van der Waals surface area contributed by atoms with Crippen molar-refractivity contribution in [2.75, 3.05) is 11.9 Å². The lowest BCUT2D eigenvalue weighted by atomic mass is 10.1. The van der Waals surface area contributed by atoms with Gasteiger partial charge in [0.1, 0.15) is 17.8 Å². The van der Waals surface area contributed by atoms with Gasteiger partial charge in [0.05, 0.1) is 17.4 Å². The van der Waals surface area contributed by atoms with Gasteiger partial charge in [-0.1, -0.05) is 0 Å². The second kappa shape index (κ2) is 6.04. The Morgan fingerprint density at radius 2 is 2.17 bits per heavy atom. The second-order valence-corrected chi connectivity index (χ2v) is 5.44. The number of carbonyl (C=O) groups excluding carboxylic acids is 1. The number of benzene rings is 1. The molecule has 1 fully saturated rings. The molecule has 23 heavy (non-hydrogen) atoms. The van der Waals surface area contributed by atoms with E-state index in [-0.39, 0.29) is 24.2 Å². The van der Waals surface area contributed by atoms with E-state index in [0.717, 1.165) is 12.1 Å². The zero-order chi connectivity index (χ0) is 16.6. The van der Waals surface area contributed by atoms with E-state index in [4.69, 9.17) is 0 Å². The minimum Gasteiger partial charge on any atom is -0.322 e. The maximum absolute atomic E-state index is 14.2. The number of halogens is 3. The van der Waals surface area contributed by atoms with Crippen molar-refractivity contribution in [3.05, 3.63) is 36.0 Å². The molecule has 0 unspecified atom stereocenters. The van der Waals surface area contributed by atoms with E-state index < -0.39 is 29.8 Å². The SMILES string of the molecule is Cn1nccc1-c1cc(F)c(NC(=O)[C@H]2C[C@H](F)CN2)cc1F. The van der Waals surface area contributed by atoms with Gasteiger partial charge in [0.2, 0.25) is 5.91 Å². The Labute approximate surface area is 130 Å². The van der Waals surface area contributed by atoms with Crippen LogP contribution in [0, 0.1) is 11.6 Å². The summed E-state index contributed by atoms with van der Waals surface area (Å²) >= 11 is 0. The van der Waals surface area contributed by atoms with Crippen molar-refractivity contribution in [2.45, 2.75) is 18.6 Å². The standard InChI is InChI=1S/C15H15F3N4O/c1-22-14(2-3-20-22)9-5-11(18)12(6-10(9)17)21-15(23)13-4-8(16)7-19-13/h2-3,5-6,8,13,19H,4,7H2,1H3,(H,21,23)/t8-,13+/m0/s1. The van der Waals surface area contributed by atoms with E-state index in [1.807, 2.05) is 0 Å². The molecule has 3 rings (SSSR count). The van der Waals surface area contributed by atoms with Crippen LogP contribution in [0.2, 0.25) is 0 Å². The molecule has 1 aliphatic heterocycles. The van der Waals surface area contributed by atoms with Crippen molar-refractivity contribution in [3.8, 4) is 11.3 Å². The molecule has 0 aliphatic carbocycles. The van der Waals surface area contributed by atoms with Crippen LogP contribution in [0.4, 0.5) is 18.9 Å². The molecular formula is C15H15F3N4O. The highest BCUT2D eigenvalue weighted by Gasteiger charge is 2.29. The summed E-state index contributed by atoms with van der Waals surface area (Å²) in [6, 6.07) is 2.73. The van der Waals surface area contributed by atoms with E-state index in [2.05, 4.69) is 15.7 Å². The number of amides is 1. The number of hydrogen-bond acceptors (Lipinski definition) is 3. The fourth-order valence-electron chi connectivity index (χ4n) is 2.59. The van der Waals surface area contributed by atoms with Crippen molar-refractivity contribution in [1.29, 1.82) is 0 Å². The Bertz CT molecular complexity index is 746. The van der Waals surface area contributed by atoms with Gasteiger partial charge in [0, 0.05) is 37.8 Å². The summed E-state index contributed by atoms with van der Waals surface area (Å²) in [4.78, 5) is 11.9. The minimum absolute atomic E-state index is 0.0169. The van der Waals surface area contributed by atoms with Crippen LogP contribution >= 0.6 is 0 Å². The van der Waals surface area contributed by atoms with Gasteiger partial charge in [-0.15, -0.1) is 0 Å². The quantitative estimate of drug-likeness (QED) is 0.908. The highest BCUT2D eigenvalue weighted by Crippen LogP contribution is 2.27. The lowest BCUT2D eigenvalue weighted by Crippen LogP contribution is -2.35. The molecule has 5 nitrogen and oxygen atoms in total. The molecule has 2 heterocycles. The summed E-state index contributed by atoms with van der Waals surface area (Å²) < 4.78 is 42.9. The molecule has 0 saturated carbocycles.